The van der Waals surface area contributed by atoms with Crippen LogP contribution >= 0.6 is 0 Å². The molecule has 0 fully saturated rings. The first-order valence-electron chi connectivity index (χ1n) is 9.21. The van der Waals surface area contributed by atoms with Crippen molar-refractivity contribution < 1.29 is 27.8 Å². The summed E-state index contributed by atoms with van der Waals surface area (Å²) in [6.07, 6.45) is -5.68. The lowest BCUT2D eigenvalue weighted by molar-refractivity contribution is -0.272. The molecule has 5 nitrogen and oxygen atoms in total. The number of benzene rings is 2. The summed E-state index contributed by atoms with van der Waals surface area (Å²) in [6, 6.07) is 7.50. The maximum atomic E-state index is 14.1. The maximum Gasteiger partial charge on any atom is 0.419 e. The highest BCUT2D eigenvalue weighted by Gasteiger charge is 2.62. The molecular weight excluding hydrogens is 404 g/mol. The number of hydrogen-bond donors (Lipinski definition) is 4. The highest BCUT2D eigenvalue weighted by Crippen LogP contribution is 2.53. The Morgan fingerprint density at radius 3 is 2.60 bits per heavy atom. The van der Waals surface area contributed by atoms with E-state index in [1.54, 1.807) is 6.07 Å². The van der Waals surface area contributed by atoms with E-state index in [9.17, 15) is 32.6 Å². The standard InChI is InChI=1S/C21H18F4N2O3/c1-10-9-20(30,21(23,24)25)19(13-7-14(22)17(28)8-12(10)13)27-16-4-2-3-15-11(16)5-6-18(29)26-15/h2-8,10,19,27-28,30H,9H2,1H3,(H,26,29). The lowest BCUT2D eigenvalue weighted by atomic mass is 9.70. The molecule has 3 atom stereocenters. The smallest absolute Gasteiger partial charge is 0.419 e. The van der Waals surface area contributed by atoms with Crippen LogP contribution in [0.5, 0.6) is 5.75 Å². The van der Waals surface area contributed by atoms with E-state index in [0.717, 1.165) is 12.1 Å². The number of phenols is 1. The van der Waals surface area contributed by atoms with Crippen LogP contribution in [-0.2, 0) is 0 Å². The SMILES string of the molecule is CC1CC(O)(C(F)(F)F)C(Nc2cccc3[nH]c(=O)ccc23)c2cc(F)c(O)cc21. The van der Waals surface area contributed by atoms with E-state index >= 15 is 0 Å². The molecule has 2 aromatic carbocycles. The number of halogens is 4. The molecule has 0 bridgehead atoms. The molecule has 9 heteroatoms. The van der Waals surface area contributed by atoms with Gasteiger partial charge in [-0.25, -0.2) is 4.39 Å². The van der Waals surface area contributed by atoms with E-state index in [0.29, 0.717) is 16.5 Å². The van der Waals surface area contributed by atoms with Crippen LogP contribution in [0.15, 0.2) is 47.3 Å². The molecule has 0 amide bonds. The first kappa shape index (κ1) is 20.2. The molecule has 1 aliphatic rings. The van der Waals surface area contributed by atoms with Crippen molar-refractivity contribution in [1.82, 2.24) is 4.98 Å². The molecule has 0 aliphatic heterocycles. The van der Waals surface area contributed by atoms with Gasteiger partial charge in [0.2, 0.25) is 5.56 Å². The molecule has 4 N–H and O–H groups in total. The van der Waals surface area contributed by atoms with Crippen LogP contribution in [-0.4, -0.2) is 27.0 Å². The van der Waals surface area contributed by atoms with Crippen molar-refractivity contribution in [3.8, 4) is 5.75 Å². The fourth-order valence-corrected chi connectivity index (χ4v) is 4.17. The second-order valence-corrected chi connectivity index (χ2v) is 7.63. The van der Waals surface area contributed by atoms with E-state index in [4.69, 9.17) is 0 Å². The predicted molar refractivity (Wildman–Crippen MR) is 103 cm³/mol. The average molecular weight is 422 g/mol. The molecule has 1 aliphatic carbocycles. The van der Waals surface area contributed by atoms with Crippen LogP contribution in [0.25, 0.3) is 10.9 Å². The van der Waals surface area contributed by atoms with Gasteiger partial charge in [0.1, 0.15) is 0 Å². The number of aromatic amines is 1. The van der Waals surface area contributed by atoms with Crippen molar-refractivity contribution in [2.75, 3.05) is 5.32 Å². The number of alkyl halides is 3. The normalized spacial score (nSPS) is 23.9. The van der Waals surface area contributed by atoms with Crippen LogP contribution in [0.1, 0.15) is 36.4 Å². The fourth-order valence-electron chi connectivity index (χ4n) is 4.17. The Labute approximate surface area is 168 Å². The van der Waals surface area contributed by atoms with Gasteiger partial charge < -0.3 is 20.5 Å². The molecule has 1 aromatic heterocycles. The van der Waals surface area contributed by atoms with Gasteiger partial charge in [-0.2, -0.15) is 13.2 Å². The summed E-state index contributed by atoms with van der Waals surface area (Å²) in [5, 5.41) is 23.7. The molecule has 0 saturated carbocycles. The zero-order valence-corrected chi connectivity index (χ0v) is 15.7. The third-order valence-corrected chi connectivity index (χ3v) is 5.65. The van der Waals surface area contributed by atoms with Crippen LogP contribution in [0.4, 0.5) is 23.2 Å². The van der Waals surface area contributed by atoms with Crippen molar-refractivity contribution in [3.05, 3.63) is 69.8 Å². The van der Waals surface area contributed by atoms with Crippen molar-refractivity contribution in [1.29, 1.82) is 0 Å². The largest absolute Gasteiger partial charge is 0.505 e. The third-order valence-electron chi connectivity index (χ3n) is 5.65. The fraction of sp³-hybridized carbons (Fsp3) is 0.286. The number of pyridine rings is 1. The van der Waals surface area contributed by atoms with Gasteiger partial charge in [0, 0.05) is 17.1 Å². The molecular formula is C21H18F4N2O3. The van der Waals surface area contributed by atoms with Gasteiger partial charge in [-0.15, -0.1) is 0 Å². The number of anilines is 1. The van der Waals surface area contributed by atoms with Gasteiger partial charge in [-0.1, -0.05) is 13.0 Å². The third kappa shape index (κ3) is 3.09. The summed E-state index contributed by atoms with van der Waals surface area (Å²) in [7, 11) is 0. The molecule has 0 radical (unpaired) electrons. The van der Waals surface area contributed by atoms with Crippen LogP contribution in [0, 0.1) is 5.82 Å². The van der Waals surface area contributed by atoms with Gasteiger partial charge in [0.25, 0.3) is 0 Å². The Morgan fingerprint density at radius 2 is 1.90 bits per heavy atom. The maximum absolute atomic E-state index is 14.1. The minimum Gasteiger partial charge on any atom is -0.505 e. The van der Waals surface area contributed by atoms with Crippen molar-refractivity contribution in [3.63, 3.8) is 0 Å². The summed E-state index contributed by atoms with van der Waals surface area (Å²) >= 11 is 0. The minimum absolute atomic E-state index is 0.0923. The van der Waals surface area contributed by atoms with Crippen LogP contribution < -0.4 is 10.9 Å². The van der Waals surface area contributed by atoms with Gasteiger partial charge in [-0.3, -0.25) is 4.79 Å². The molecule has 3 unspecified atom stereocenters. The van der Waals surface area contributed by atoms with Crippen LogP contribution in [0.3, 0.4) is 0 Å². The van der Waals surface area contributed by atoms with E-state index in [-0.39, 0.29) is 16.8 Å². The van der Waals surface area contributed by atoms with E-state index in [1.807, 2.05) is 0 Å². The molecule has 4 rings (SSSR count). The summed E-state index contributed by atoms with van der Waals surface area (Å²) in [5.74, 6) is -2.53. The zero-order chi connectivity index (χ0) is 21.8. The minimum atomic E-state index is -5.01. The average Bonchev–Trinajstić information content (AvgIpc) is 2.65. The van der Waals surface area contributed by atoms with Crippen molar-refractivity contribution in [2.45, 2.75) is 37.1 Å². The van der Waals surface area contributed by atoms with Crippen molar-refractivity contribution in [2.24, 2.45) is 0 Å². The van der Waals surface area contributed by atoms with E-state index < -0.39 is 41.7 Å². The molecule has 158 valence electrons. The van der Waals surface area contributed by atoms with E-state index in [1.165, 1.54) is 31.2 Å². The highest BCUT2D eigenvalue weighted by molar-refractivity contribution is 5.91. The highest BCUT2D eigenvalue weighted by atomic mass is 19.4. The number of aromatic hydroxyl groups is 1. The van der Waals surface area contributed by atoms with Gasteiger partial charge >= 0.3 is 6.18 Å². The lowest BCUT2D eigenvalue weighted by Crippen LogP contribution is -2.55. The number of nitrogens with one attached hydrogen (secondary N) is 2. The number of hydrogen-bond acceptors (Lipinski definition) is 4. The quantitative estimate of drug-likeness (QED) is 0.463. The predicted octanol–water partition coefficient (Wildman–Crippen LogP) is 4.33. The monoisotopic (exact) mass is 422 g/mol. The number of rotatable bonds is 2. The summed E-state index contributed by atoms with van der Waals surface area (Å²) < 4.78 is 56.1. The second kappa shape index (κ2) is 6.73. The molecule has 3 aromatic rings. The first-order valence-corrected chi connectivity index (χ1v) is 9.21. The Balaban J connectivity index is 1.92. The molecule has 0 spiro atoms. The molecule has 30 heavy (non-hydrogen) atoms. The number of fused-ring (bicyclic) bond motifs is 2. The van der Waals surface area contributed by atoms with Gasteiger partial charge in [0.05, 0.1) is 11.6 Å². The Kier molecular flexibility index (Phi) is 4.54. The zero-order valence-electron chi connectivity index (χ0n) is 15.7. The summed E-state index contributed by atoms with van der Waals surface area (Å²) in [5.41, 5.74) is -2.72. The Bertz CT molecular complexity index is 1190. The number of aliphatic hydroxyl groups is 1. The summed E-state index contributed by atoms with van der Waals surface area (Å²) in [4.78, 5) is 14.1. The Morgan fingerprint density at radius 1 is 1.17 bits per heavy atom. The molecule has 0 saturated heterocycles. The van der Waals surface area contributed by atoms with E-state index in [2.05, 4.69) is 10.3 Å². The second-order valence-electron chi connectivity index (χ2n) is 7.63. The van der Waals surface area contributed by atoms with Gasteiger partial charge in [0.15, 0.2) is 17.2 Å². The Hall–Kier alpha value is -3.07. The number of aromatic nitrogens is 1. The number of phenolic OH excluding ortho intramolecular Hbond substituents is 1. The van der Waals surface area contributed by atoms with Crippen LogP contribution in [0.2, 0.25) is 0 Å². The molecule has 1 heterocycles. The van der Waals surface area contributed by atoms with Crippen molar-refractivity contribution >= 4 is 16.6 Å². The van der Waals surface area contributed by atoms with Gasteiger partial charge in [-0.05, 0) is 53.8 Å². The topological polar surface area (TPSA) is 85.4 Å². The summed E-state index contributed by atoms with van der Waals surface area (Å²) in [6.45, 7) is 1.48. The first-order chi connectivity index (χ1) is 14.0. The number of H-pyrrole nitrogens is 1. The lowest BCUT2D eigenvalue weighted by Gasteiger charge is -2.45.